The highest BCUT2D eigenvalue weighted by Crippen LogP contribution is 2.40. The Bertz CT molecular complexity index is 1030. The van der Waals surface area contributed by atoms with Crippen LogP contribution in [0.15, 0.2) is 0 Å². The van der Waals surface area contributed by atoms with Crippen molar-refractivity contribution in [2.75, 3.05) is 13.1 Å². The van der Waals surface area contributed by atoms with Gasteiger partial charge in [-0.15, -0.1) is 0 Å². The molecule has 12 nitrogen and oxygen atoms in total. The maximum absolute atomic E-state index is 14.2. The number of hydrogen-bond donors (Lipinski definition) is 4. The normalized spacial score (nSPS) is 23.6. The fourth-order valence-corrected chi connectivity index (χ4v) is 6.00. The molecule has 5 amide bonds. The summed E-state index contributed by atoms with van der Waals surface area (Å²) < 4.78 is 5.25. The number of carbonyl (C=O) groups excluding carboxylic acids is 6. The number of nitrogens with two attached hydrogens (primary N) is 1. The van der Waals surface area contributed by atoms with Crippen LogP contribution in [0.4, 0.5) is 4.79 Å². The molecular formula is C29H47N5O7. The topological polar surface area (TPSA) is 177 Å². The second kappa shape index (κ2) is 13.2. The number of amides is 5. The molecule has 3 rings (SSSR count). The number of rotatable bonds is 11. The zero-order valence-electron chi connectivity index (χ0n) is 25.0. The van der Waals surface area contributed by atoms with E-state index in [1.54, 1.807) is 20.8 Å². The van der Waals surface area contributed by atoms with E-state index in [1.807, 2.05) is 13.8 Å². The first-order valence-corrected chi connectivity index (χ1v) is 14.8. The second-order valence-corrected chi connectivity index (χ2v) is 13.3. The zero-order chi connectivity index (χ0) is 30.5. The minimum absolute atomic E-state index is 0.204. The SMILES string of the molecule is CC1CCN(C(=O)C(NC(=O)NCC(=O)OC(C)(C)C)C2(C)CCCCC2)[C@@H]1C(=O)NC(CC1CC1)C(=O)C(N)=O. The Morgan fingerprint density at radius 3 is 2.20 bits per heavy atom. The van der Waals surface area contributed by atoms with E-state index in [-0.39, 0.29) is 24.3 Å². The van der Waals surface area contributed by atoms with Crippen molar-refractivity contribution in [1.82, 2.24) is 20.9 Å². The zero-order valence-corrected chi connectivity index (χ0v) is 25.0. The van der Waals surface area contributed by atoms with Gasteiger partial charge in [0.2, 0.25) is 17.6 Å². The van der Waals surface area contributed by atoms with Crippen LogP contribution < -0.4 is 21.7 Å². The van der Waals surface area contributed by atoms with E-state index in [2.05, 4.69) is 16.0 Å². The molecule has 2 saturated carbocycles. The summed E-state index contributed by atoms with van der Waals surface area (Å²) in [5.41, 5.74) is 3.99. The molecule has 0 aromatic rings. The van der Waals surface area contributed by atoms with Crippen LogP contribution in [-0.2, 0) is 28.7 Å². The number of hydrogen-bond acceptors (Lipinski definition) is 7. The van der Waals surface area contributed by atoms with E-state index >= 15 is 0 Å². The quantitative estimate of drug-likeness (QED) is 0.213. The molecule has 1 aliphatic heterocycles. The molecule has 3 unspecified atom stereocenters. The van der Waals surface area contributed by atoms with Gasteiger partial charge >= 0.3 is 12.0 Å². The summed E-state index contributed by atoms with van der Waals surface area (Å²) in [7, 11) is 0. The Morgan fingerprint density at radius 1 is 1.00 bits per heavy atom. The number of nitrogens with one attached hydrogen (secondary N) is 3. The largest absolute Gasteiger partial charge is 0.459 e. The number of Topliss-reactive ketones (excluding diaryl/α,β-unsaturated/α-hetero) is 1. The summed E-state index contributed by atoms with van der Waals surface area (Å²) in [4.78, 5) is 78.3. The molecule has 1 saturated heterocycles. The summed E-state index contributed by atoms with van der Waals surface area (Å²) >= 11 is 0. The molecule has 0 bridgehead atoms. The molecule has 0 aromatic carbocycles. The van der Waals surface area contributed by atoms with E-state index in [9.17, 15) is 28.8 Å². The third-order valence-corrected chi connectivity index (χ3v) is 8.42. The first kappa shape index (κ1) is 32.3. The van der Waals surface area contributed by atoms with Gasteiger partial charge in [-0.2, -0.15) is 0 Å². The molecule has 5 N–H and O–H groups in total. The number of primary amides is 1. The smallest absolute Gasteiger partial charge is 0.325 e. The molecule has 41 heavy (non-hydrogen) atoms. The van der Waals surface area contributed by atoms with E-state index < -0.39 is 58.7 Å². The number of ketones is 1. The monoisotopic (exact) mass is 577 g/mol. The average Bonchev–Trinajstić information content (AvgIpc) is 3.62. The number of carbonyl (C=O) groups is 6. The Morgan fingerprint density at radius 2 is 1.63 bits per heavy atom. The summed E-state index contributed by atoms with van der Waals surface area (Å²) in [6.45, 7) is 8.96. The van der Waals surface area contributed by atoms with Crippen LogP contribution in [0.2, 0.25) is 0 Å². The number of esters is 1. The second-order valence-electron chi connectivity index (χ2n) is 13.3. The van der Waals surface area contributed by atoms with Gasteiger partial charge in [0.05, 0.1) is 6.04 Å². The van der Waals surface area contributed by atoms with Crippen molar-refractivity contribution in [1.29, 1.82) is 0 Å². The molecule has 230 valence electrons. The molecule has 0 aromatic heterocycles. The van der Waals surface area contributed by atoms with E-state index in [4.69, 9.17) is 10.5 Å². The summed E-state index contributed by atoms with van der Waals surface area (Å²) in [5.74, 6) is -3.39. The lowest BCUT2D eigenvalue weighted by Crippen LogP contribution is -2.62. The summed E-state index contributed by atoms with van der Waals surface area (Å²) in [6, 6.07) is -3.51. The number of ether oxygens (including phenoxy) is 1. The molecule has 2 aliphatic carbocycles. The Balaban J connectivity index is 1.77. The van der Waals surface area contributed by atoms with Gasteiger partial charge in [-0.3, -0.25) is 24.0 Å². The molecule has 12 heteroatoms. The number of likely N-dealkylation sites (tertiary alicyclic amines) is 1. The number of nitrogens with zero attached hydrogens (tertiary/aromatic N) is 1. The van der Waals surface area contributed by atoms with Crippen LogP contribution in [0, 0.1) is 17.3 Å². The first-order chi connectivity index (χ1) is 19.1. The predicted molar refractivity (Wildman–Crippen MR) is 150 cm³/mol. The van der Waals surface area contributed by atoms with Gasteiger partial charge in [0, 0.05) is 6.54 Å². The van der Waals surface area contributed by atoms with Gasteiger partial charge < -0.3 is 31.3 Å². The predicted octanol–water partition coefficient (Wildman–Crippen LogP) is 1.54. The fourth-order valence-electron chi connectivity index (χ4n) is 6.00. The third-order valence-electron chi connectivity index (χ3n) is 8.42. The van der Waals surface area contributed by atoms with Crippen LogP contribution in [0.25, 0.3) is 0 Å². The molecule has 0 radical (unpaired) electrons. The lowest BCUT2D eigenvalue weighted by Gasteiger charge is -2.42. The van der Waals surface area contributed by atoms with Crippen molar-refractivity contribution in [3.05, 3.63) is 0 Å². The number of urea groups is 1. The fraction of sp³-hybridized carbons (Fsp3) is 0.793. The minimum Gasteiger partial charge on any atom is -0.459 e. The van der Waals surface area contributed by atoms with Crippen LogP contribution in [0.3, 0.4) is 0 Å². The third kappa shape index (κ3) is 8.90. The molecule has 1 heterocycles. The molecule has 3 fully saturated rings. The van der Waals surface area contributed by atoms with Crippen LogP contribution >= 0.6 is 0 Å². The highest BCUT2D eigenvalue weighted by atomic mass is 16.6. The van der Waals surface area contributed by atoms with Crippen LogP contribution in [0.5, 0.6) is 0 Å². The van der Waals surface area contributed by atoms with Gasteiger partial charge in [0.15, 0.2) is 0 Å². The van der Waals surface area contributed by atoms with Gasteiger partial charge in [-0.05, 0) is 63.7 Å². The van der Waals surface area contributed by atoms with Gasteiger partial charge in [0.25, 0.3) is 5.91 Å². The van der Waals surface area contributed by atoms with E-state index in [0.717, 1.165) is 32.1 Å². The average molecular weight is 578 g/mol. The maximum Gasteiger partial charge on any atom is 0.325 e. The lowest BCUT2D eigenvalue weighted by molar-refractivity contribution is -0.153. The summed E-state index contributed by atoms with van der Waals surface area (Å²) in [6.07, 6.45) is 7.01. The van der Waals surface area contributed by atoms with Crippen LogP contribution in [-0.4, -0.2) is 77.2 Å². The lowest BCUT2D eigenvalue weighted by atomic mass is 9.70. The summed E-state index contributed by atoms with van der Waals surface area (Å²) in [5, 5.41) is 8.02. The van der Waals surface area contributed by atoms with Crippen molar-refractivity contribution in [2.45, 2.75) is 116 Å². The van der Waals surface area contributed by atoms with Crippen molar-refractivity contribution in [2.24, 2.45) is 23.0 Å². The van der Waals surface area contributed by atoms with Crippen molar-refractivity contribution in [3.63, 3.8) is 0 Å². The Kier molecular flexibility index (Phi) is 10.4. The van der Waals surface area contributed by atoms with Gasteiger partial charge in [-0.1, -0.05) is 46.0 Å². The molecule has 0 spiro atoms. The highest BCUT2D eigenvalue weighted by molar-refractivity contribution is 6.37. The van der Waals surface area contributed by atoms with Crippen molar-refractivity contribution in [3.8, 4) is 0 Å². The minimum atomic E-state index is -1.10. The van der Waals surface area contributed by atoms with Gasteiger partial charge in [0.1, 0.15) is 24.2 Å². The molecule has 3 aliphatic rings. The molecular weight excluding hydrogens is 530 g/mol. The Hall–Kier alpha value is -3.18. The van der Waals surface area contributed by atoms with Gasteiger partial charge in [-0.25, -0.2) is 4.79 Å². The maximum atomic E-state index is 14.2. The van der Waals surface area contributed by atoms with Crippen LogP contribution in [0.1, 0.15) is 92.4 Å². The van der Waals surface area contributed by atoms with E-state index in [0.29, 0.717) is 32.2 Å². The van der Waals surface area contributed by atoms with E-state index in [1.165, 1.54) is 4.90 Å². The Labute approximate surface area is 242 Å². The molecule has 4 atom stereocenters. The highest BCUT2D eigenvalue weighted by Gasteiger charge is 2.48. The first-order valence-electron chi connectivity index (χ1n) is 14.8. The van der Waals surface area contributed by atoms with Crippen molar-refractivity contribution < 1.29 is 33.5 Å². The van der Waals surface area contributed by atoms with Crippen molar-refractivity contribution >= 4 is 35.5 Å². The standard InChI is InChI=1S/C29H47N5O7/c1-17-11-14-34(21(17)25(38)32-19(15-18-9-10-18)22(36)24(30)37)26(39)23(29(5)12-7-6-8-13-29)33-27(40)31-16-20(35)41-28(2,3)4/h17-19,21,23H,6-16H2,1-5H3,(H2,30,37)(H,32,38)(H2,31,33,40)/t17?,19?,21-,23?/m0/s1.